The molecule has 0 bridgehead atoms. The Labute approximate surface area is 102 Å². The minimum Gasteiger partial charge on any atom is -0.361 e. The van der Waals surface area contributed by atoms with Crippen LogP contribution in [0, 0.1) is 5.92 Å². The number of carbonyl (C=O) groups is 1. The fourth-order valence-electron chi connectivity index (χ4n) is 2.46. The molecule has 0 N–H and O–H groups in total. The predicted octanol–water partition coefficient (Wildman–Crippen LogP) is 2.15. The van der Waals surface area contributed by atoms with Crippen LogP contribution in [0.2, 0.25) is 0 Å². The van der Waals surface area contributed by atoms with Gasteiger partial charge in [0, 0.05) is 19.0 Å². The summed E-state index contributed by atoms with van der Waals surface area (Å²) < 4.78 is 5.19. The number of likely N-dealkylation sites (tertiary alicyclic amines) is 1. The van der Waals surface area contributed by atoms with Crippen LogP contribution in [0.25, 0.3) is 0 Å². The van der Waals surface area contributed by atoms with Crippen molar-refractivity contribution in [3.05, 3.63) is 17.5 Å². The van der Waals surface area contributed by atoms with Crippen molar-refractivity contribution >= 4 is 5.78 Å². The van der Waals surface area contributed by atoms with Crippen molar-refractivity contribution in [3.63, 3.8) is 0 Å². The van der Waals surface area contributed by atoms with Gasteiger partial charge in [0.25, 0.3) is 0 Å². The van der Waals surface area contributed by atoms with Gasteiger partial charge in [0.1, 0.15) is 5.76 Å². The maximum absolute atomic E-state index is 11.4. The van der Waals surface area contributed by atoms with E-state index in [-0.39, 0.29) is 5.78 Å². The topological polar surface area (TPSA) is 46.3 Å². The molecule has 1 saturated heterocycles. The van der Waals surface area contributed by atoms with Gasteiger partial charge in [-0.15, -0.1) is 0 Å². The van der Waals surface area contributed by atoms with Crippen molar-refractivity contribution in [3.8, 4) is 0 Å². The molecular weight excluding hydrogens is 216 g/mol. The number of aromatic nitrogens is 1. The highest BCUT2D eigenvalue weighted by Crippen LogP contribution is 2.24. The number of rotatable bonds is 4. The molecule has 2 rings (SSSR count). The van der Waals surface area contributed by atoms with Crippen LogP contribution < -0.4 is 0 Å². The van der Waals surface area contributed by atoms with Crippen LogP contribution in [-0.4, -0.2) is 35.0 Å². The fraction of sp³-hybridized carbons (Fsp3) is 0.692. The average Bonchev–Trinajstić information content (AvgIpc) is 2.86. The lowest BCUT2D eigenvalue weighted by Gasteiger charge is -2.19. The van der Waals surface area contributed by atoms with Gasteiger partial charge < -0.3 is 9.42 Å². The normalized spacial score (nSPS) is 21.3. The Morgan fingerprint density at radius 2 is 2.41 bits per heavy atom. The Bertz CT molecular complexity index is 398. The van der Waals surface area contributed by atoms with Crippen LogP contribution in [-0.2, 0) is 6.42 Å². The molecule has 0 radical (unpaired) electrons. The molecule has 2 heterocycles. The molecule has 1 aliphatic rings. The quantitative estimate of drug-likeness (QED) is 0.751. The van der Waals surface area contributed by atoms with Gasteiger partial charge in [-0.25, -0.2) is 0 Å². The highest BCUT2D eigenvalue weighted by atomic mass is 16.5. The molecule has 0 spiro atoms. The van der Waals surface area contributed by atoms with E-state index in [4.69, 9.17) is 4.52 Å². The summed E-state index contributed by atoms with van der Waals surface area (Å²) >= 11 is 0. The van der Waals surface area contributed by atoms with Crippen LogP contribution in [0.3, 0.4) is 0 Å². The highest BCUT2D eigenvalue weighted by Gasteiger charge is 2.26. The van der Waals surface area contributed by atoms with Crippen molar-refractivity contribution < 1.29 is 9.32 Å². The summed E-state index contributed by atoms with van der Waals surface area (Å²) in [6.45, 7) is 8.24. The van der Waals surface area contributed by atoms with Crippen LogP contribution in [0.1, 0.15) is 43.3 Å². The Kier molecular flexibility index (Phi) is 3.62. The minimum absolute atomic E-state index is 0.0416. The molecule has 0 aromatic carbocycles. The molecule has 1 fully saturated rings. The van der Waals surface area contributed by atoms with Gasteiger partial charge >= 0.3 is 0 Å². The molecule has 1 atom stereocenters. The first kappa shape index (κ1) is 12.3. The largest absolute Gasteiger partial charge is 0.361 e. The zero-order valence-electron chi connectivity index (χ0n) is 10.8. The maximum atomic E-state index is 11.4. The molecule has 0 amide bonds. The summed E-state index contributed by atoms with van der Waals surface area (Å²) in [5, 5.41) is 3.73. The van der Waals surface area contributed by atoms with Crippen molar-refractivity contribution in [1.82, 2.24) is 10.1 Å². The number of hydrogen-bond acceptors (Lipinski definition) is 4. The second-order valence-corrected chi connectivity index (χ2v) is 5.17. The molecule has 17 heavy (non-hydrogen) atoms. The Morgan fingerprint density at radius 3 is 3.00 bits per heavy atom. The molecule has 1 aromatic rings. The van der Waals surface area contributed by atoms with E-state index in [1.165, 1.54) is 12.6 Å². The SMILES string of the molecule is CC(=O)c1cnoc1CC1CCN(C(C)C)C1. The fourth-order valence-corrected chi connectivity index (χ4v) is 2.46. The lowest BCUT2D eigenvalue weighted by atomic mass is 10.00. The Balaban J connectivity index is 1.98. The third-order valence-corrected chi connectivity index (χ3v) is 3.55. The number of ketones is 1. The van der Waals surface area contributed by atoms with Crippen molar-refractivity contribution in [2.45, 2.75) is 39.7 Å². The predicted molar refractivity (Wildman–Crippen MR) is 65.0 cm³/mol. The molecule has 4 heteroatoms. The number of carbonyl (C=O) groups excluding carboxylic acids is 1. The Hall–Kier alpha value is -1.16. The smallest absolute Gasteiger partial charge is 0.164 e. The lowest BCUT2D eigenvalue weighted by molar-refractivity contribution is 0.101. The van der Waals surface area contributed by atoms with Gasteiger partial charge in [0.15, 0.2) is 5.78 Å². The van der Waals surface area contributed by atoms with Crippen LogP contribution in [0.5, 0.6) is 0 Å². The first-order chi connectivity index (χ1) is 8.08. The van der Waals surface area contributed by atoms with E-state index >= 15 is 0 Å². The molecule has 94 valence electrons. The zero-order valence-corrected chi connectivity index (χ0v) is 10.8. The number of hydrogen-bond donors (Lipinski definition) is 0. The maximum Gasteiger partial charge on any atom is 0.164 e. The first-order valence-electron chi connectivity index (χ1n) is 6.26. The van der Waals surface area contributed by atoms with E-state index in [0.29, 0.717) is 17.5 Å². The van der Waals surface area contributed by atoms with Gasteiger partial charge in [-0.2, -0.15) is 0 Å². The molecule has 1 aliphatic heterocycles. The summed E-state index contributed by atoms with van der Waals surface area (Å²) in [6.07, 6.45) is 3.54. The molecule has 1 unspecified atom stereocenters. The molecule has 0 aliphatic carbocycles. The molecular formula is C13H20N2O2. The van der Waals surface area contributed by atoms with Gasteiger partial charge in [0.2, 0.25) is 0 Å². The second-order valence-electron chi connectivity index (χ2n) is 5.17. The van der Waals surface area contributed by atoms with Gasteiger partial charge in [-0.1, -0.05) is 5.16 Å². The van der Waals surface area contributed by atoms with E-state index < -0.39 is 0 Å². The standard InChI is InChI=1S/C13H20N2O2/c1-9(2)15-5-4-11(8-15)6-13-12(10(3)16)7-14-17-13/h7,9,11H,4-6,8H2,1-3H3. The third-order valence-electron chi connectivity index (χ3n) is 3.55. The van der Waals surface area contributed by atoms with Crippen LogP contribution >= 0.6 is 0 Å². The number of nitrogens with zero attached hydrogens (tertiary/aromatic N) is 2. The van der Waals surface area contributed by atoms with E-state index in [2.05, 4.69) is 23.9 Å². The third kappa shape index (κ3) is 2.75. The Morgan fingerprint density at radius 1 is 1.65 bits per heavy atom. The van der Waals surface area contributed by atoms with E-state index in [1.54, 1.807) is 6.92 Å². The molecule has 0 saturated carbocycles. The summed E-state index contributed by atoms with van der Waals surface area (Å²) in [6, 6.07) is 0.599. The summed E-state index contributed by atoms with van der Waals surface area (Å²) in [5.74, 6) is 1.39. The minimum atomic E-state index is 0.0416. The highest BCUT2D eigenvalue weighted by molar-refractivity contribution is 5.94. The molecule has 1 aromatic heterocycles. The van der Waals surface area contributed by atoms with Gasteiger partial charge in [-0.05, 0) is 39.7 Å². The zero-order chi connectivity index (χ0) is 12.4. The van der Waals surface area contributed by atoms with E-state index in [1.807, 2.05) is 0 Å². The average molecular weight is 236 g/mol. The summed E-state index contributed by atoms with van der Waals surface area (Å²) in [4.78, 5) is 13.8. The summed E-state index contributed by atoms with van der Waals surface area (Å²) in [7, 11) is 0. The van der Waals surface area contributed by atoms with Crippen LogP contribution in [0.4, 0.5) is 0 Å². The second kappa shape index (κ2) is 5.00. The monoisotopic (exact) mass is 236 g/mol. The van der Waals surface area contributed by atoms with Gasteiger partial charge in [0.05, 0.1) is 11.8 Å². The van der Waals surface area contributed by atoms with Crippen molar-refractivity contribution in [2.75, 3.05) is 13.1 Å². The van der Waals surface area contributed by atoms with Crippen molar-refractivity contribution in [2.24, 2.45) is 5.92 Å². The summed E-state index contributed by atoms with van der Waals surface area (Å²) in [5.41, 5.74) is 0.646. The number of Topliss-reactive ketones (excluding diaryl/α,β-unsaturated/α-hetero) is 1. The van der Waals surface area contributed by atoms with E-state index in [0.717, 1.165) is 25.3 Å². The first-order valence-corrected chi connectivity index (χ1v) is 6.26. The van der Waals surface area contributed by atoms with E-state index in [9.17, 15) is 4.79 Å². The lowest BCUT2D eigenvalue weighted by Crippen LogP contribution is -2.28. The van der Waals surface area contributed by atoms with Crippen molar-refractivity contribution in [1.29, 1.82) is 0 Å². The van der Waals surface area contributed by atoms with Gasteiger partial charge in [-0.3, -0.25) is 4.79 Å². The molecule has 4 nitrogen and oxygen atoms in total. The van der Waals surface area contributed by atoms with Crippen LogP contribution in [0.15, 0.2) is 10.7 Å².